The summed E-state index contributed by atoms with van der Waals surface area (Å²) in [5.41, 5.74) is 3.70. The fourth-order valence-corrected chi connectivity index (χ4v) is 2.50. The third-order valence-corrected chi connectivity index (χ3v) is 3.55. The lowest BCUT2D eigenvalue weighted by Gasteiger charge is -2.13. The summed E-state index contributed by atoms with van der Waals surface area (Å²) in [6.45, 7) is 7.03. The average molecular weight is 277 g/mol. The maximum absolute atomic E-state index is 4.73. The van der Waals surface area contributed by atoms with Crippen molar-refractivity contribution in [3.05, 3.63) is 22.8 Å². The summed E-state index contributed by atoms with van der Waals surface area (Å²) < 4.78 is 2.01. The van der Waals surface area contributed by atoms with Gasteiger partial charge in [0.05, 0.1) is 12.7 Å². The molecule has 1 unspecified atom stereocenters. The zero-order chi connectivity index (χ0) is 14.7. The molecule has 2 heterocycles. The summed E-state index contributed by atoms with van der Waals surface area (Å²) in [7, 11) is 3.75. The van der Waals surface area contributed by atoms with Gasteiger partial charge in [0, 0.05) is 17.3 Å². The molecule has 2 aromatic heterocycles. The monoisotopic (exact) mass is 277 g/mol. The van der Waals surface area contributed by atoms with Crippen molar-refractivity contribution in [1.82, 2.24) is 35.3 Å². The fourth-order valence-electron chi connectivity index (χ4n) is 2.50. The quantitative estimate of drug-likeness (QED) is 0.847. The largest absolute Gasteiger partial charge is 0.313 e. The van der Waals surface area contributed by atoms with E-state index in [0.717, 1.165) is 18.5 Å². The summed E-state index contributed by atoms with van der Waals surface area (Å²) in [5, 5.41) is 20.2. The van der Waals surface area contributed by atoms with Gasteiger partial charge in [0.25, 0.3) is 0 Å². The first-order valence-corrected chi connectivity index (χ1v) is 7.09. The molecular formula is C13H23N7. The van der Waals surface area contributed by atoms with Gasteiger partial charge in [0.15, 0.2) is 5.82 Å². The van der Waals surface area contributed by atoms with Crippen LogP contribution in [0.4, 0.5) is 0 Å². The second-order valence-corrected chi connectivity index (χ2v) is 4.88. The van der Waals surface area contributed by atoms with E-state index in [2.05, 4.69) is 41.5 Å². The first kappa shape index (κ1) is 14.6. The normalized spacial score (nSPS) is 12.8. The van der Waals surface area contributed by atoms with Crippen LogP contribution in [0.3, 0.4) is 0 Å². The number of aromatic nitrogens is 6. The molecule has 0 spiro atoms. The van der Waals surface area contributed by atoms with E-state index in [0.29, 0.717) is 18.4 Å². The molecule has 20 heavy (non-hydrogen) atoms. The maximum Gasteiger partial charge on any atom is 0.196 e. The zero-order valence-electron chi connectivity index (χ0n) is 12.9. The highest BCUT2D eigenvalue weighted by atomic mass is 15.6. The van der Waals surface area contributed by atoms with Gasteiger partial charge in [-0.1, -0.05) is 13.8 Å². The van der Waals surface area contributed by atoms with Gasteiger partial charge in [-0.15, -0.1) is 10.2 Å². The molecule has 7 nitrogen and oxygen atoms in total. The number of hydrogen-bond donors (Lipinski definition) is 1. The van der Waals surface area contributed by atoms with Crippen molar-refractivity contribution in [3.63, 3.8) is 0 Å². The van der Waals surface area contributed by atoms with Crippen LogP contribution in [-0.2, 0) is 26.4 Å². The van der Waals surface area contributed by atoms with E-state index in [-0.39, 0.29) is 0 Å². The Morgan fingerprint density at radius 1 is 1.20 bits per heavy atom. The summed E-state index contributed by atoms with van der Waals surface area (Å²) in [6, 6.07) is 0.295. The molecule has 0 aliphatic carbocycles. The number of rotatable bonds is 6. The van der Waals surface area contributed by atoms with Crippen LogP contribution in [0.2, 0.25) is 0 Å². The SMILES string of the molecule is CCc1nn(Cc2nnn(C)n2)c(CC)c1C(C)NC. The lowest BCUT2D eigenvalue weighted by Crippen LogP contribution is -2.16. The van der Waals surface area contributed by atoms with Gasteiger partial charge < -0.3 is 5.32 Å². The fraction of sp³-hybridized carbons (Fsp3) is 0.692. The average Bonchev–Trinajstić information content (AvgIpc) is 3.01. The van der Waals surface area contributed by atoms with Crippen LogP contribution in [-0.4, -0.2) is 37.0 Å². The first-order valence-electron chi connectivity index (χ1n) is 7.09. The predicted molar refractivity (Wildman–Crippen MR) is 76.4 cm³/mol. The molecule has 1 atom stereocenters. The van der Waals surface area contributed by atoms with Crippen LogP contribution >= 0.6 is 0 Å². The Balaban J connectivity index is 2.40. The molecule has 7 heteroatoms. The summed E-state index contributed by atoms with van der Waals surface area (Å²) in [5.74, 6) is 0.691. The molecule has 2 aromatic rings. The molecule has 0 saturated heterocycles. The van der Waals surface area contributed by atoms with Gasteiger partial charge >= 0.3 is 0 Å². The van der Waals surface area contributed by atoms with E-state index < -0.39 is 0 Å². The van der Waals surface area contributed by atoms with Crippen LogP contribution in [0, 0.1) is 0 Å². The Kier molecular flexibility index (Phi) is 4.49. The Morgan fingerprint density at radius 3 is 2.45 bits per heavy atom. The first-order chi connectivity index (χ1) is 9.60. The predicted octanol–water partition coefficient (Wildman–Crippen LogP) is 0.860. The number of tetrazole rings is 1. The molecule has 0 radical (unpaired) electrons. The topological polar surface area (TPSA) is 73.5 Å². The van der Waals surface area contributed by atoms with Crippen molar-refractivity contribution in [2.24, 2.45) is 7.05 Å². The van der Waals surface area contributed by atoms with Crippen molar-refractivity contribution in [2.45, 2.75) is 46.2 Å². The van der Waals surface area contributed by atoms with Gasteiger partial charge in [0.1, 0.15) is 6.54 Å². The van der Waals surface area contributed by atoms with Crippen LogP contribution in [0.1, 0.15) is 49.6 Å². The van der Waals surface area contributed by atoms with E-state index in [1.165, 1.54) is 16.1 Å². The lowest BCUT2D eigenvalue weighted by molar-refractivity contribution is 0.597. The van der Waals surface area contributed by atoms with Gasteiger partial charge in [-0.3, -0.25) is 4.68 Å². The Bertz CT molecular complexity index is 569. The molecule has 2 rings (SSSR count). The standard InChI is InChI=1S/C13H23N7/c1-6-10-13(9(3)14-4)11(7-2)20(16-10)8-12-15-18-19(5)17-12/h9,14H,6-8H2,1-5H3. The summed E-state index contributed by atoms with van der Waals surface area (Å²) in [6.07, 6.45) is 1.86. The van der Waals surface area contributed by atoms with Crippen molar-refractivity contribution in [1.29, 1.82) is 0 Å². The maximum atomic E-state index is 4.73. The molecular weight excluding hydrogens is 254 g/mol. The minimum Gasteiger partial charge on any atom is -0.313 e. The molecule has 0 bridgehead atoms. The molecule has 110 valence electrons. The van der Waals surface area contributed by atoms with Gasteiger partial charge in [-0.05, 0) is 32.0 Å². The third kappa shape index (κ3) is 2.72. The minimum atomic E-state index is 0.295. The van der Waals surface area contributed by atoms with Crippen molar-refractivity contribution < 1.29 is 0 Å². The third-order valence-electron chi connectivity index (χ3n) is 3.55. The Labute approximate surface area is 119 Å². The Hall–Kier alpha value is -1.76. The van der Waals surface area contributed by atoms with E-state index >= 15 is 0 Å². The molecule has 0 aromatic carbocycles. The highest BCUT2D eigenvalue weighted by Gasteiger charge is 2.20. The number of nitrogens with zero attached hydrogens (tertiary/aromatic N) is 6. The molecule has 0 aliphatic heterocycles. The van der Waals surface area contributed by atoms with E-state index in [1.54, 1.807) is 7.05 Å². The second-order valence-electron chi connectivity index (χ2n) is 4.88. The van der Waals surface area contributed by atoms with Crippen LogP contribution < -0.4 is 5.32 Å². The molecule has 0 fully saturated rings. The van der Waals surface area contributed by atoms with Crippen molar-refractivity contribution in [3.8, 4) is 0 Å². The van der Waals surface area contributed by atoms with Gasteiger partial charge in [-0.25, -0.2) is 0 Å². The van der Waals surface area contributed by atoms with Crippen LogP contribution in [0.15, 0.2) is 0 Å². The van der Waals surface area contributed by atoms with E-state index in [4.69, 9.17) is 5.10 Å². The van der Waals surface area contributed by atoms with Crippen LogP contribution in [0.5, 0.6) is 0 Å². The highest BCUT2D eigenvalue weighted by Crippen LogP contribution is 2.23. The van der Waals surface area contributed by atoms with Crippen molar-refractivity contribution >= 4 is 0 Å². The molecule has 0 amide bonds. The van der Waals surface area contributed by atoms with E-state index in [9.17, 15) is 0 Å². The zero-order valence-corrected chi connectivity index (χ0v) is 12.9. The minimum absolute atomic E-state index is 0.295. The number of hydrogen-bond acceptors (Lipinski definition) is 5. The van der Waals surface area contributed by atoms with Gasteiger partial charge in [-0.2, -0.15) is 9.90 Å². The second kappa shape index (κ2) is 6.13. The molecule has 0 saturated carbocycles. The van der Waals surface area contributed by atoms with E-state index in [1.807, 2.05) is 11.7 Å². The number of nitrogens with one attached hydrogen (secondary N) is 1. The lowest BCUT2D eigenvalue weighted by atomic mass is 10.0. The highest BCUT2D eigenvalue weighted by molar-refractivity contribution is 5.30. The summed E-state index contributed by atoms with van der Waals surface area (Å²) in [4.78, 5) is 1.47. The van der Waals surface area contributed by atoms with Crippen molar-refractivity contribution in [2.75, 3.05) is 7.05 Å². The van der Waals surface area contributed by atoms with Gasteiger partial charge in [0.2, 0.25) is 0 Å². The molecule has 1 N–H and O–H groups in total. The summed E-state index contributed by atoms with van der Waals surface area (Å²) >= 11 is 0. The number of aryl methyl sites for hydroxylation is 2. The van der Waals surface area contributed by atoms with Crippen LogP contribution in [0.25, 0.3) is 0 Å². The smallest absolute Gasteiger partial charge is 0.196 e. The Morgan fingerprint density at radius 2 is 1.95 bits per heavy atom. The molecule has 0 aliphatic rings.